The van der Waals surface area contributed by atoms with Gasteiger partial charge in [0.05, 0.1) is 6.42 Å². The van der Waals surface area contributed by atoms with E-state index >= 15 is 0 Å². The third-order valence-corrected chi connectivity index (χ3v) is 6.20. The number of unbranched alkanes of at least 4 members (excludes halogenated alkanes) is 2. The Morgan fingerprint density at radius 2 is 1.66 bits per heavy atom. The van der Waals surface area contributed by atoms with Crippen molar-refractivity contribution in [1.82, 2.24) is 15.5 Å². The van der Waals surface area contributed by atoms with E-state index in [-0.39, 0.29) is 18.5 Å². The molecule has 1 rings (SSSR count). The van der Waals surface area contributed by atoms with Crippen molar-refractivity contribution in [1.29, 1.82) is 0 Å². The third kappa shape index (κ3) is 11.1. The van der Waals surface area contributed by atoms with E-state index in [1.54, 1.807) is 20.8 Å². The molecule has 0 aliphatic rings. The van der Waals surface area contributed by atoms with Crippen LogP contribution in [0.25, 0.3) is 0 Å². The molecule has 38 heavy (non-hydrogen) atoms. The highest BCUT2D eigenvalue weighted by atomic mass is 16.6. The quantitative estimate of drug-likeness (QED) is 0.305. The summed E-state index contributed by atoms with van der Waals surface area (Å²) in [5.41, 5.74) is 7.37. The molecule has 0 aliphatic heterocycles. The average Bonchev–Trinajstić information content (AvgIpc) is 2.78. The Hall–Kier alpha value is -3.10. The summed E-state index contributed by atoms with van der Waals surface area (Å²) in [5.74, 6) is -1.63. The molecule has 0 saturated carbocycles. The minimum atomic E-state index is -1.28. The maximum absolute atomic E-state index is 14.0. The van der Waals surface area contributed by atoms with E-state index in [1.807, 2.05) is 52.8 Å². The van der Waals surface area contributed by atoms with Gasteiger partial charge in [0.15, 0.2) is 0 Å². The molecule has 9 nitrogen and oxygen atoms in total. The van der Waals surface area contributed by atoms with Crippen LogP contribution in [-0.4, -0.2) is 52.9 Å². The molecular formula is C29H48N4O5. The SMILES string of the molecule is CCCCCN(C(=O)C(CC(N)=O)NC(=O)OC(C)(C)C)C(C(=O)NC(C)CCC)c1ccc(C)c(C)c1. The van der Waals surface area contributed by atoms with Gasteiger partial charge in [-0.25, -0.2) is 4.79 Å². The van der Waals surface area contributed by atoms with Gasteiger partial charge in [-0.05, 0) is 71.1 Å². The van der Waals surface area contributed by atoms with Gasteiger partial charge < -0.3 is 26.0 Å². The minimum absolute atomic E-state index is 0.0876. The van der Waals surface area contributed by atoms with Crippen LogP contribution in [0, 0.1) is 13.8 Å². The number of hydrogen-bond donors (Lipinski definition) is 3. The van der Waals surface area contributed by atoms with Crippen LogP contribution in [-0.2, 0) is 19.1 Å². The van der Waals surface area contributed by atoms with Crippen molar-refractivity contribution in [3.8, 4) is 0 Å². The second-order valence-corrected chi connectivity index (χ2v) is 11.1. The first-order chi connectivity index (χ1) is 17.7. The Bertz CT molecular complexity index is 957. The van der Waals surface area contributed by atoms with Crippen LogP contribution in [0.4, 0.5) is 4.79 Å². The lowest BCUT2D eigenvalue weighted by Crippen LogP contribution is -2.54. The molecule has 1 aromatic rings. The highest BCUT2D eigenvalue weighted by molar-refractivity contribution is 5.94. The monoisotopic (exact) mass is 532 g/mol. The maximum Gasteiger partial charge on any atom is 0.408 e. The normalized spacial score (nSPS) is 13.7. The number of alkyl carbamates (subject to hydrolysis) is 1. The molecule has 4 N–H and O–H groups in total. The maximum atomic E-state index is 14.0. The van der Waals surface area contributed by atoms with Gasteiger partial charge in [-0.15, -0.1) is 0 Å². The van der Waals surface area contributed by atoms with E-state index in [1.165, 1.54) is 4.90 Å². The van der Waals surface area contributed by atoms with Gasteiger partial charge in [0, 0.05) is 12.6 Å². The van der Waals surface area contributed by atoms with Crippen molar-refractivity contribution in [2.24, 2.45) is 5.73 Å². The van der Waals surface area contributed by atoms with Crippen molar-refractivity contribution >= 4 is 23.8 Å². The van der Waals surface area contributed by atoms with Crippen LogP contribution in [0.2, 0.25) is 0 Å². The Labute approximate surface area is 228 Å². The number of nitrogens with zero attached hydrogens (tertiary/aromatic N) is 1. The first-order valence-corrected chi connectivity index (χ1v) is 13.7. The van der Waals surface area contributed by atoms with Crippen molar-refractivity contribution in [3.63, 3.8) is 0 Å². The summed E-state index contributed by atoms with van der Waals surface area (Å²) < 4.78 is 5.33. The largest absolute Gasteiger partial charge is 0.444 e. The number of nitrogens with one attached hydrogen (secondary N) is 2. The second kappa shape index (κ2) is 15.3. The smallest absolute Gasteiger partial charge is 0.408 e. The molecule has 3 atom stereocenters. The fourth-order valence-corrected chi connectivity index (χ4v) is 4.18. The Kier molecular flexibility index (Phi) is 13.3. The summed E-state index contributed by atoms with van der Waals surface area (Å²) in [6.45, 7) is 15.3. The fraction of sp³-hybridized carbons (Fsp3) is 0.655. The standard InChI is InChI=1S/C29H48N4O5/c1-9-11-12-16-33(27(36)23(18-24(30)34)32-28(37)38-29(6,7)8)25(26(35)31-21(5)13-10-2)22-15-14-19(3)20(4)17-22/h14-15,17,21,23,25H,9-13,16,18H2,1-8H3,(H2,30,34)(H,31,35)(H,32,37). The first-order valence-electron chi connectivity index (χ1n) is 13.7. The summed E-state index contributed by atoms with van der Waals surface area (Å²) in [5, 5.41) is 5.57. The zero-order valence-corrected chi connectivity index (χ0v) is 24.5. The van der Waals surface area contributed by atoms with Crippen LogP contribution >= 0.6 is 0 Å². The number of carbonyl (C=O) groups is 4. The fourth-order valence-electron chi connectivity index (χ4n) is 4.18. The zero-order chi connectivity index (χ0) is 29.0. The molecule has 0 bridgehead atoms. The Morgan fingerprint density at radius 1 is 1.00 bits per heavy atom. The number of aryl methyl sites for hydroxylation is 2. The minimum Gasteiger partial charge on any atom is -0.444 e. The average molecular weight is 533 g/mol. The van der Waals surface area contributed by atoms with E-state index in [4.69, 9.17) is 10.5 Å². The van der Waals surface area contributed by atoms with Gasteiger partial charge >= 0.3 is 6.09 Å². The zero-order valence-electron chi connectivity index (χ0n) is 24.5. The summed E-state index contributed by atoms with van der Waals surface area (Å²) >= 11 is 0. The van der Waals surface area contributed by atoms with Crippen LogP contribution in [0.5, 0.6) is 0 Å². The van der Waals surface area contributed by atoms with Crippen LogP contribution in [0.15, 0.2) is 18.2 Å². The Balaban J connectivity index is 3.56. The molecule has 0 radical (unpaired) electrons. The summed E-state index contributed by atoms with van der Waals surface area (Å²) in [6.07, 6.45) is 2.84. The molecule has 4 amide bonds. The van der Waals surface area contributed by atoms with Crippen molar-refractivity contribution < 1.29 is 23.9 Å². The molecular weight excluding hydrogens is 484 g/mol. The molecule has 0 heterocycles. The van der Waals surface area contributed by atoms with Gasteiger partial charge in [0.25, 0.3) is 0 Å². The molecule has 0 saturated heterocycles. The summed E-state index contributed by atoms with van der Waals surface area (Å²) in [6, 6.07) is 3.37. The lowest BCUT2D eigenvalue weighted by atomic mass is 9.97. The first kappa shape index (κ1) is 32.9. The number of benzene rings is 1. The number of nitrogens with two attached hydrogens (primary N) is 1. The van der Waals surface area contributed by atoms with Gasteiger partial charge in [-0.2, -0.15) is 0 Å². The second-order valence-electron chi connectivity index (χ2n) is 11.1. The molecule has 0 spiro atoms. The number of rotatable bonds is 14. The van der Waals surface area contributed by atoms with E-state index in [0.717, 1.165) is 36.8 Å². The predicted octanol–water partition coefficient (Wildman–Crippen LogP) is 4.44. The third-order valence-electron chi connectivity index (χ3n) is 6.20. The molecule has 9 heteroatoms. The number of primary amides is 1. The summed E-state index contributed by atoms with van der Waals surface area (Å²) in [4.78, 5) is 53.7. The predicted molar refractivity (Wildman–Crippen MR) is 149 cm³/mol. The van der Waals surface area contributed by atoms with E-state index in [2.05, 4.69) is 10.6 Å². The molecule has 3 unspecified atom stereocenters. The number of ether oxygens (including phenoxy) is 1. The van der Waals surface area contributed by atoms with Crippen molar-refractivity contribution in [2.45, 2.75) is 118 Å². The number of carbonyl (C=O) groups excluding carboxylic acids is 4. The lowest BCUT2D eigenvalue weighted by Gasteiger charge is -2.35. The van der Waals surface area contributed by atoms with Gasteiger partial charge in [-0.1, -0.05) is 51.3 Å². The molecule has 0 fully saturated rings. The summed E-state index contributed by atoms with van der Waals surface area (Å²) in [7, 11) is 0. The highest BCUT2D eigenvalue weighted by Crippen LogP contribution is 2.26. The van der Waals surface area contributed by atoms with E-state index in [9.17, 15) is 19.2 Å². The molecule has 214 valence electrons. The van der Waals surface area contributed by atoms with Gasteiger partial charge in [-0.3, -0.25) is 14.4 Å². The van der Waals surface area contributed by atoms with Crippen molar-refractivity contribution in [2.75, 3.05) is 6.54 Å². The van der Waals surface area contributed by atoms with E-state index < -0.39 is 42.0 Å². The Morgan fingerprint density at radius 3 is 2.18 bits per heavy atom. The lowest BCUT2D eigenvalue weighted by molar-refractivity contribution is -0.143. The number of amides is 4. The molecule has 0 aromatic heterocycles. The van der Waals surface area contributed by atoms with Gasteiger partial charge in [0.2, 0.25) is 17.7 Å². The van der Waals surface area contributed by atoms with Crippen molar-refractivity contribution in [3.05, 3.63) is 34.9 Å². The molecule has 0 aliphatic carbocycles. The van der Waals surface area contributed by atoms with Crippen LogP contribution in [0.3, 0.4) is 0 Å². The van der Waals surface area contributed by atoms with Crippen LogP contribution in [0.1, 0.15) is 103 Å². The van der Waals surface area contributed by atoms with Crippen LogP contribution < -0.4 is 16.4 Å². The van der Waals surface area contributed by atoms with E-state index in [0.29, 0.717) is 12.0 Å². The van der Waals surface area contributed by atoms with Gasteiger partial charge in [0.1, 0.15) is 17.7 Å². The number of hydrogen-bond acceptors (Lipinski definition) is 5. The highest BCUT2D eigenvalue weighted by Gasteiger charge is 2.37. The topological polar surface area (TPSA) is 131 Å². The molecule has 1 aromatic carbocycles.